The zero-order valence-corrected chi connectivity index (χ0v) is 21.8. The lowest BCUT2D eigenvalue weighted by molar-refractivity contribution is -0.123. The van der Waals surface area contributed by atoms with Crippen molar-refractivity contribution in [2.24, 2.45) is 0 Å². The van der Waals surface area contributed by atoms with Gasteiger partial charge >= 0.3 is 0 Å². The molecular weight excluding hydrogens is 462 g/mol. The molecule has 1 unspecified atom stereocenters. The van der Waals surface area contributed by atoms with E-state index in [1.165, 1.54) is 5.56 Å². The maximum absolute atomic E-state index is 12.8. The number of benzene rings is 2. The summed E-state index contributed by atoms with van der Waals surface area (Å²) in [5, 5.41) is 6.14. The first-order chi connectivity index (χ1) is 17.0. The minimum Gasteiger partial charge on any atom is -0.496 e. The molecular formula is C27H37N3O4S. The van der Waals surface area contributed by atoms with E-state index in [2.05, 4.69) is 27.7 Å². The van der Waals surface area contributed by atoms with Crippen LogP contribution in [0.4, 0.5) is 0 Å². The smallest absolute Gasteiger partial charge is 0.234 e. The number of ether oxygens (including phenoxy) is 2. The molecule has 0 saturated carbocycles. The lowest BCUT2D eigenvalue weighted by atomic mass is 9.91. The van der Waals surface area contributed by atoms with Crippen LogP contribution in [0.15, 0.2) is 47.4 Å². The summed E-state index contributed by atoms with van der Waals surface area (Å²) in [5.74, 6) is 1.88. The number of carbonyl (C=O) groups is 2. The Kier molecular flexibility index (Phi) is 10.8. The monoisotopic (exact) mass is 499 g/mol. The van der Waals surface area contributed by atoms with Crippen molar-refractivity contribution in [3.8, 4) is 11.5 Å². The molecule has 2 aromatic rings. The van der Waals surface area contributed by atoms with E-state index in [0.717, 1.165) is 41.2 Å². The number of rotatable bonds is 6. The molecule has 2 N–H and O–H groups in total. The van der Waals surface area contributed by atoms with E-state index in [-0.39, 0.29) is 24.3 Å². The number of carbonyl (C=O) groups excluding carboxylic acids is 2. The highest BCUT2D eigenvalue weighted by atomic mass is 32.2. The molecule has 1 saturated heterocycles. The molecule has 35 heavy (non-hydrogen) atoms. The molecule has 0 bridgehead atoms. The molecule has 7 nitrogen and oxygen atoms in total. The van der Waals surface area contributed by atoms with Gasteiger partial charge in [0.1, 0.15) is 11.5 Å². The Balaban J connectivity index is 1.72. The van der Waals surface area contributed by atoms with Crippen molar-refractivity contribution in [3.05, 3.63) is 53.6 Å². The van der Waals surface area contributed by atoms with Crippen LogP contribution in [-0.2, 0) is 16.1 Å². The molecule has 0 aromatic heterocycles. The highest BCUT2D eigenvalue weighted by molar-refractivity contribution is 7.98. The van der Waals surface area contributed by atoms with E-state index in [0.29, 0.717) is 32.6 Å². The lowest BCUT2D eigenvalue weighted by Gasteiger charge is -2.25. The summed E-state index contributed by atoms with van der Waals surface area (Å²) in [7, 11) is 3.32. The third-order valence-corrected chi connectivity index (χ3v) is 7.09. The Morgan fingerprint density at radius 1 is 0.971 bits per heavy atom. The highest BCUT2D eigenvalue weighted by Gasteiger charge is 2.19. The Labute approximate surface area is 212 Å². The SMILES string of the molecule is COc1cc(SC)c(OC)cc1CN1CCCNC(=O)CCC(c2ccccc2)CCNC(=O)C1. The minimum absolute atomic E-state index is 0.00423. The number of methoxy groups -OCH3 is 2. The summed E-state index contributed by atoms with van der Waals surface area (Å²) < 4.78 is 11.2. The standard InChI is InChI=1S/C27H37N3O4S/c1-33-23-17-25(35-3)24(34-2)16-22(23)18-30-15-7-13-28-26(31)11-10-21(12-14-29-27(32)19-30)20-8-5-4-6-9-20/h4-6,8-9,16-17,21H,7,10-15,18-19H2,1-3H3,(H,28,31)(H,29,32). The molecule has 3 rings (SSSR count). The van der Waals surface area contributed by atoms with Gasteiger partial charge in [0.05, 0.1) is 25.7 Å². The van der Waals surface area contributed by atoms with Crippen LogP contribution in [0.2, 0.25) is 0 Å². The first-order valence-electron chi connectivity index (χ1n) is 12.1. The van der Waals surface area contributed by atoms with E-state index < -0.39 is 0 Å². The van der Waals surface area contributed by atoms with Gasteiger partial charge in [0.15, 0.2) is 0 Å². The molecule has 0 radical (unpaired) electrons. The second-order valence-electron chi connectivity index (χ2n) is 8.72. The zero-order valence-electron chi connectivity index (χ0n) is 21.0. The predicted octanol–water partition coefficient (Wildman–Crippen LogP) is 3.82. The third kappa shape index (κ3) is 8.18. The topological polar surface area (TPSA) is 79.9 Å². The first kappa shape index (κ1) is 26.9. The Morgan fingerprint density at radius 2 is 1.71 bits per heavy atom. The first-order valence-corrected chi connectivity index (χ1v) is 13.4. The lowest BCUT2D eigenvalue weighted by Crippen LogP contribution is -2.39. The van der Waals surface area contributed by atoms with Crippen LogP contribution in [0.1, 0.15) is 42.7 Å². The fourth-order valence-corrected chi connectivity index (χ4v) is 5.01. The van der Waals surface area contributed by atoms with E-state index >= 15 is 0 Å². The van der Waals surface area contributed by atoms with Gasteiger partial charge in [-0.25, -0.2) is 0 Å². The summed E-state index contributed by atoms with van der Waals surface area (Å²) in [4.78, 5) is 28.4. The highest BCUT2D eigenvalue weighted by Crippen LogP contribution is 2.35. The summed E-state index contributed by atoms with van der Waals surface area (Å²) in [6, 6.07) is 14.2. The molecule has 0 aliphatic carbocycles. The summed E-state index contributed by atoms with van der Waals surface area (Å²) >= 11 is 1.60. The van der Waals surface area contributed by atoms with Crippen molar-refractivity contribution < 1.29 is 19.1 Å². The van der Waals surface area contributed by atoms with Crippen molar-refractivity contribution in [2.75, 3.05) is 46.7 Å². The molecule has 0 spiro atoms. The molecule has 2 aromatic carbocycles. The predicted molar refractivity (Wildman–Crippen MR) is 140 cm³/mol. The minimum atomic E-state index is 0.00423. The zero-order chi connectivity index (χ0) is 25.0. The van der Waals surface area contributed by atoms with Crippen LogP contribution in [-0.4, -0.2) is 63.4 Å². The molecule has 190 valence electrons. The van der Waals surface area contributed by atoms with Gasteiger partial charge in [-0.15, -0.1) is 11.8 Å². The molecule has 1 heterocycles. The van der Waals surface area contributed by atoms with Crippen LogP contribution in [0.3, 0.4) is 0 Å². The fraction of sp³-hybridized carbons (Fsp3) is 0.481. The number of nitrogens with zero attached hydrogens (tertiary/aromatic N) is 1. The van der Waals surface area contributed by atoms with Crippen molar-refractivity contribution in [2.45, 2.75) is 43.0 Å². The van der Waals surface area contributed by atoms with E-state index in [1.54, 1.807) is 26.0 Å². The maximum Gasteiger partial charge on any atom is 0.234 e. The Hall–Kier alpha value is -2.71. The second kappa shape index (κ2) is 14.0. The third-order valence-electron chi connectivity index (χ3n) is 6.33. The fourth-order valence-electron chi connectivity index (χ4n) is 4.44. The van der Waals surface area contributed by atoms with Crippen LogP contribution < -0.4 is 20.1 Å². The average Bonchev–Trinajstić information content (AvgIpc) is 2.88. The van der Waals surface area contributed by atoms with Gasteiger partial charge in [0.25, 0.3) is 0 Å². The molecule has 1 fully saturated rings. The maximum atomic E-state index is 12.8. The second-order valence-corrected chi connectivity index (χ2v) is 9.57. The summed E-state index contributed by atoms with van der Waals surface area (Å²) in [6.45, 7) is 2.66. The average molecular weight is 500 g/mol. The Morgan fingerprint density at radius 3 is 2.43 bits per heavy atom. The Bertz CT molecular complexity index is 970. The molecule has 1 atom stereocenters. The van der Waals surface area contributed by atoms with Gasteiger partial charge in [0, 0.05) is 38.2 Å². The van der Waals surface area contributed by atoms with Gasteiger partial charge in [-0.3, -0.25) is 14.5 Å². The van der Waals surface area contributed by atoms with Gasteiger partial charge in [-0.05, 0) is 49.1 Å². The van der Waals surface area contributed by atoms with Gasteiger partial charge < -0.3 is 20.1 Å². The number of hydrogen-bond acceptors (Lipinski definition) is 6. The largest absolute Gasteiger partial charge is 0.496 e. The molecule has 8 heteroatoms. The van der Waals surface area contributed by atoms with Gasteiger partial charge in [-0.2, -0.15) is 0 Å². The van der Waals surface area contributed by atoms with Crippen molar-refractivity contribution in [1.29, 1.82) is 0 Å². The van der Waals surface area contributed by atoms with E-state index in [9.17, 15) is 9.59 Å². The van der Waals surface area contributed by atoms with E-state index in [4.69, 9.17) is 9.47 Å². The van der Waals surface area contributed by atoms with E-state index in [1.807, 2.05) is 36.6 Å². The number of thioether (sulfide) groups is 1. The molecule has 1 aliphatic heterocycles. The van der Waals surface area contributed by atoms with Crippen molar-refractivity contribution >= 4 is 23.6 Å². The van der Waals surface area contributed by atoms with Gasteiger partial charge in [0.2, 0.25) is 11.8 Å². The quantitative estimate of drug-likeness (QED) is 0.589. The van der Waals surface area contributed by atoms with Gasteiger partial charge in [-0.1, -0.05) is 30.3 Å². The summed E-state index contributed by atoms with van der Waals surface area (Å²) in [6.07, 6.45) is 4.80. The van der Waals surface area contributed by atoms with Crippen molar-refractivity contribution in [3.63, 3.8) is 0 Å². The van der Waals surface area contributed by atoms with Crippen LogP contribution in [0.25, 0.3) is 0 Å². The number of hydrogen-bond donors (Lipinski definition) is 2. The molecule has 1 aliphatic rings. The molecule has 2 amide bonds. The number of nitrogens with one attached hydrogen (secondary N) is 2. The van der Waals surface area contributed by atoms with Crippen LogP contribution >= 0.6 is 11.8 Å². The normalized spacial score (nSPS) is 18.8. The van der Waals surface area contributed by atoms with Crippen LogP contribution in [0.5, 0.6) is 11.5 Å². The van der Waals surface area contributed by atoms with Crippen molar-refractivity contribution in [1.82, 2.24) is 15.5 Å². The summed E-state index contributed by atoms with van der Waals surface area (Å²) in [5.41, 5.74) is 2.17. The number of amides is 2. The van der Waals surface area contributed by atoms with Crippen LogP contribution in [0, 0.1) is 0 Å².